The van der Waals surface area contributed by atoms with Crippen LogP contribution in [-0.4, -0.2) is 31.5 Å². The number of benzene rings is 2. The van der Waals surface area contributed by atoms with Crippen LogP contribution >= 0.6 is 0 Å². The van der Waals surface area contributed by atoms with Gasteiger partial charge in [0.25, 0.3) is 0 Å². The van der Waals surface area contributed by atoms with E-state index in [-0.39, 0.29) is 30.7 Å². The molecule has 0 saturated heterocycles. The highest BCUT2D eigenvalue weighted by Gasteiger charge is 2.31. The maximum Gasteiger partial charge on any atom is 0.573 e. The van der Waals surface area contributed by atoms with Gasteiger partial charge >= 0.3 is 6.36 Å². The van der Waals surface area contributed by atoms with Crippen LogP contribution in [0.5, 0.6) is 17.2 Å². The van der Waals surface area contributed by atoms with Crippen molar-refractivity contribution in [2.75, 3.05) is 13.2 Å². The lowest BCUT2D eigenvalue weighted by Gasteiger charge is -2.26. The Morgan fingerprint density at radius 1 is 1.12 bits per heavy atom. The molecular formula is C18H16F3NO4. The Morgan fingerprint density at radius 3 is 2.50 bits per heavy atom. The average Bonchev–Trinajstić information content (AvgIpc) is 2.60. The fourth-order valence-corrected chi connectivity index (χ4v) is 2.45. The van der Waals surface area contributed by atoms with Crippen molar-refractivity contribution in [2.24, 2.45) is 0 Å². The number of hydrogen-bond donors (Lipinski definition) is 1. The van der Waals surface area contributed by atoms with Crippen molar-refractivity contribution in [3.05, 3.63) is 54.1 Å². The SMILES string of the molecule is O=C(Cc1ccc(OC(F)(F)F)cc1)NC[C@H]1COc2ccccc2O1. The van der Waals surface area contributed by atoms with Crippen LogP contribution in [0.2, 0.25) is 0 Å². The highest BCUT2D eigenvalue weighted by atomic mass is 19.4. The first-order valence-electron chi connectivity index (χ1n) is 7.89. The third-order valence-corrected chi connectivity index (χ3v) is 3.62. The van der Waals surface area contributed by atoms with E-state index in [1.54, 1.807) is 12.1 Å². The van der Waals surface area contributed by atoms with Gasteiger partial charge in [-0.1, -0.05) is 24.3 Å². The molecule has 1 N–H and O–H groups in total. The van der Waals surface area contributed by atoms with Crippen molar-refractivity contribution in [1.82, 2.24) is 5.32 Å². The number of alkyl halides is 3. The van der Waals surface area contributed by atoms with Gasteiger partial charge in [0, 0.05) is 0 Å². The predicted octanol–water partition coefficient (Wildman–Crippen LogP) is 3.08. The molecular weight excluding hydrogens is 351 g/mol. The summed E-state index contributed by atoms with van der Waals surface area (Å²) in [5, 5.41) is 2.73. The quantitative estimate of drug-likeness (QED) is 0.883. The minimum Gasteiger partial charge on any atom is -0.486 e. The maximum absolute atomic E-state index is 12.1. The number of amides is 1. The van der Waals surface area contributed by atoms with Crippen molar-refractivity contribution in [3.8, 4) is 17.2 Å². The van der Waals surface area contributed by atoms with Gasteiger partial charge < -0.3 is 19.5 Å². The zero-order valence-corrected chi connectivity index (χ0v) is 13.6. The smallest absolute Gasteiger partial charge is 0.486 e. The summed E-state index contributed by atoms with van der Waals surface area (Å²) in [4.78, 5) is 12.0. The summed E-state index contributed by atoms with van der Waals surface area (Å²) >= 11 is 0. The van der Waals surface area contributed by atoms with Crippen LogP contribution in [0.15, 0.2) is 48.5 Å². The van der Waals surface area contributed by atoms with Gasteiger partial charge in [-0.2, -0.15) is 0 Å². The van der Waals surface area contributed by atoms with Crippen LogP contribution < -0.4 is 19.5 Å². The third-order valence-electron chi connectivity index (χ3n) is 3.62. The lowest BCUT2D eigenvalue weighted by molar-refractivity contribution is -0.274. The van der Waals surface area contributed by atoms with Gasteiger partial charge in [-0.3, -0.25) is 4.79 Å². The van der Waals surface area contributed by atoms with E-state index >= 15 is 0 Å². The Balaban J connectivity index is 1.46. The zero-order chi connectivity index (χ0) is 18.6. The summed E-state index contributed by atoms with van der Waals surface area (Å²) in [5.74, 6) is 0.694. The number of carbonyl (C=O) groups is 1. The Kier molecular flexibility index (Phi) is 5.20. The minimum absolute atomic E-state index is 0.0382. The Morgan fingerprint density at radius 2 is 1.81 bits per heavy atom. The lowest BCUT2D eigenvalue weighted by atomic mass is 10.1. The first-order chi connectivity index (χ1) is 12.4. The second-order valence-electron chi connectivity index (χ2n) is 5.67. The molecule has 1 amide bonds. The van der Waals surface area contributed by atoms with E-state index in [2.05, 4.69) is 10.1 Å². The first kappa shape index (κ1) is 17.9. The molecule has 0 saturated carbocycles. The number of ether oxygens (including phenoxy) is 3. The molecule has 2 aromatic carbocycles. The second-order valence-corrected chi connectivity index (χ2v) is 5.67. The van der Waals surface area contributed by atoms with Crippen LogP contribution in [0.3, 0.4) is 0 Å². The van der Waals surface area contributed by atoms with Gasteiger partial charge in [-0.05, 0) is 29.8 Å². The molecule has 1 aliphatic heterocycles. The number of hydrogen-bond acceptors (Lipinski definition) is 4. The van der Waals surface area contributed by atoms with Gasteiger partial charge in [0.1, 0.15) is 18.5 Å². The Labute approximate surface area is 147 Å². The highest BCUT2D eigenvalue weighted by molar-refractivity contribution is 5.78. The molecule has 0 bridgehead atoms. The standard InChI is InChI=1S/C18H16F3NO4/c19-18(20,21)26-13-7-5-12(6-8-13)9-17(23)22-10-14-11-24-15-3-1-2-4-16(15)25-14/h1-8,14H,9-11H2,(H,22,23)/t14-/m0/s1. The van der Waals surface area contributed by atoms with Crippen LogP contribution in [0.1, 0.15) is 5.56 Å². The summed E-state index contributed by atoms with van der Waals surface area (Å²) in [7, 11) is 0. The molecule has 0 aromatic heterocycles. The van der Waals surface area contributed by atoms with E-state index in [4.69, 9.17) is 9.47 Å². The highest BCUT2D eigenvalue weighted by Crippen LogP contribution is 2.30. The number of rotatable bonds is 5. The van der Waals surface area contributed by atoms with Gasteiger partial charge in [-0.15, -0.1) is 13.2 Å². The van der Waals surface area contributed by atoms with Crippen molar-refractivity contribution < 1.29 is 32.2 Å². The van der Waals surface area contributed by atoms with Crippen LogP contribution in [0, 0.1) is 0 Å². The molecule has 1 heterocycles. The number of nitrogens with one attached hydrogen (secondary N) is 1. The molecule has 5 nitrogen and oxygen atoms in total. The molecule has 1 aliphatic rings. The minimum atomic E-state index is -4.74. The average molecular weight is 367 g/mol. The van der Waals surface area contributed by atoms with E-state index in [1.807, 2.05) is 12.1 Å². The zero-order valence-electron chi connectivity index (χ0n) is 13.6. The molecule has 26 heavy (non-hydrogen) atoms. The van der Waals surface area contributed by atoms with Gasteiger partial charge in [0.05, 0.1) is 13.0 Å². The summed E-state index contributed by atoms with van der Waals surface area (Å²) in [5.41, 5.74) is 0.572. The Bertz CT molecular complexity index is 762. The van der Waals surface area contributed by atoms with Gasteiger partial charge in [0.2, 0.25) is 5.91 Å². The first-order valence-corrected chi connectivity index (χ1v) is 7.89. The van der Waals surface area contributed by atoms with Gasteiger partial charge in [-0.25, -0.2) is 0 Å². The molecule has 1 atom stereocenters. The summed E-state index contributed by atoms with van der Waals surface area (Å²) in [6.45, 7) is 0.587. The van der Waals surface area contributed by atoms with E-state index < -0.39 is 6.36 Å². The number of fused-ring (bicyclic) bond motifs is 1. The van der Waals surface area contributed by atoms with Crippen LogP contribution in [-0.2, 0) is 11.2 Å². The molecule has 0 unspecified atom stereocenters. The van der Waals surface area contributed by atoms with Gasteiger partial charge in [0.15, 0.2) is 11.5 Å². The molecule has 0 aliphatic carbocycles. The number of halogens is 3. The third kappa shape index (κ3) is 5.05. The monoisotopic (exact) mass is 367 g/mol. The van der Waals surface area contributed by atoms with Crippen LogP contribution in [0.25, 0.3) is 0 Å². The lowest BCUT2D eigenvalue weighted by Crippen LogP contribution is -2.41. The molecule has 8 heteroatoms. The van der Waals surface area contributed by atoms with E-state index in [0.717, 1.165) is 0 Å². The van der Waals surface area contributed by atoms with Crippen molar-refractivity contribution in [1.29, 1.82) is 0 Å². The fourth-order valence-electron chi connectivity index (χ4n) is 2.45. The van der Waals surface area contributed by atoms with Crippen molar-refractivity contribution in [2.45, 2.75) is 18.9 Å². The predicted molar refractivity (Wildman–Crippen MR) is 86.2 cm³/mol. The van der Waals surface area contributed by atoms with E-state index in [0.29, 0.717) is 23.7 Å². The van der Waals surface area contributed by atoms with Crippen molar-refractivity contribution >= 4 is 5.91 Å². The molecule has 0 fully saturated rings. The molecule has 138 valence electrons. The number of carbonyl (C=O) groups excluding carboxylic acids is 1. The molecule has 0 spiro atoms. The molecule has 0 radical (unpaired) electrons. The summed E-state index contributed by atoms with van der Waals surface area (Å²) < 4.78 is 51.4. The second kappa shape index (κ2) is 7.55. The Hall–Kier alpha value is -2.90. The largest absolute Gasteiger partial charge is 0.573 e. The van der Waals surface area contributed by atoms with Crippen molar-refractivity contribution in [3.63, 3.8) is 0 Å². The maximum atomic E-state index is 12.1. The topological polar surface area (TPSA) is 56.8 Å². The summed E-state index contributed by atoms with van der Waals surface area (Å²) in [6.07, 6.45) is -5.01. The number of para-hydroxylation sites is 2. The van der Waals surface area contributed by atoms with Crippen LogP contribution in [0.4, 0.5) is 13.2 Å². The molecule has 2 aromatic rings. The normalized spacial score (nSPS) is 16.0. The fraction of sp³-hybridized carbons (Fsp3) is 0.278. The summed E-state index contributed by atoms with van der Waals surface area (Å²) in [6, 6.07) is 12.4. The van der Waals surface area contributed by atoms with E-state index in [9.17, 15) is 18.0 Å². The molecule has 3 rings (SSSR count). The van der Waals surface area contributed by atoms with E-state index in [1.165, 1.54) is 24.3 Å².